The highest BCUT2D eigenvalue weighted by molar-refractivity contribution is 6.32. The lowest BCUT2D eigenvalue weighted by atomic mass is 10.1. The second-order valence-electron chi connectivity index (χ2n) is 6.59. The topological polar surface area (TPSA) is 50.4 Å². The minimum absolute atomic E-state index is 0.182. The summed E-state index contributed by atoms with van der Waals surface area (Å²) in [6, 6.07) is 0.655. The van der Waals surface area contributed by atoms with Crippen molar-refractivity contribution in [2.24, 2.45) is 0 Å². The quantitative estimate of drug-likeness (QED) is 0.373. The number of hydrogen-bond acceptors (Lipinski definition) is 2. The van der Waals surface area contributed by atoms with Crippen LogP contribution in [0.15, 0.2) is 36.4 Å². The highest BCUT2D eigenvalue weighted by Gasteiger charge is 2.59. The monoisotopic (exact) mass is 548 g/mol. The Morgan fingerprint density at radius 2 is 1.26 bits per heavy atom. The van der Waals surface area contributed by atoms with Crippen LogP contribution in [0.4, 0.5) is 68.9 Å². The molecule has 0 saturated heterocycles. The molecule has 2 rings (SSSR count). The van der Waals surface area contributed by atoms with Gasteiger partial charge in [0.1, 0.15) is 5.75 Å². The first-order chi connectivity index (χ1) is 15.7. The van der Waals surface area contributed by atoms with Crippen molar-refractivity contribution in [2.75, 3.05) is 10.6 Å². The van der Waals surface area contributed by atoms with Crippen LogP contribution in [0.3, 0.4) is 0 Å². The number of hydrogen-bond donors (Lipinski definition) is 2. The maximum Gasteiger partial charge on any atom is 0.439 e. The molecule has 0 spiro atoms. The van der Waals surface area contributed by atoms with Gasteiger partial charge in [-0.25, -0.2) is 9.18 Å². The summed E-state index contributed by atoms with van der Waals surface area (Å²) in [6.45, 7) is 0. The van der Waals surface area contributed by atoms with Crippen LogP contribution in [0.1, 0.15) is 11.1 Å². The number of halogens is 13. The second kappa shape index (κ2) is 9.54. The molecule has 0 heterocycles. The SMILES string of the molecule is O=C(Nc1cc(C(F)(F)F)cc(C(F)(F)F)c1)Nc1ccc(OC(F)(F)C(F)C(F)(F)F)c(Cl)c1. The van der Waals surface area contributed by atoms with Crippen LogP contribution in [0, 0.1) is 0 Å². The molecule has 2 aromatic carbocycles. The molecule has 194 valence electrons. The van der Waals surface area contributed by atoms with E-state index in [9.17, 15) is 57.5 Å². The summed E-state index contributed by atoms with van der Waals surface area (Å²) in [5.41, 5.74) is -4.77. The minimum Gasteiger partial charge on any atom is -0.429 e. The van der Waals surface area contributed by atoms with Gasteiger partial charge in [-0.1, -0.05) is 11.6 Å². The third kappa shape index (κ3) is 7.47. The first-order valence-corrected chi connectivity index (χ1v) is 9.02. The summed E-state index contributed by atoms with van der Waals surface area (Å²) < 4.78 is 157. The Morgan fingerprint density at radius 1 is 0.771 bits per heavy atom. The van der Waals surface area contributed by atoms with Gasteiger partial charge in [0.15, 0.2) is 0 Å². The zero-order valence-corrected chi connectivity index (χ0v) is 17.0. The average molecular weight is 549 g/mol. The third-order valence-electron chi connectivity index (χ3n) is 3.86. The number of alkyl halides is 12. The largest absolute Gasteiger partial charge is 0.439 e. The molecular formula is C18H9ClF12N2O2. The zero-order chi connectivity index (χ0) is 27.0. The van der Waals surface area contributed by atoms with E-state index in [-0.39, 0.29) is 18.2 Å². The lowest BCUT2D eigenvalue weighted by Crippen LogP contribution is -2.45. The number of carbonyl (C=O) groups is 1. The van der Waals surface area contributed by atoms with Crippen molar-refractivity contribution < 1.29 is 62.2 Å². The van der Waals surface area contributed by atoms with E-state index in [1.165, 1.54) is 0 Å². The van der Waals surface area contributed by atoms with Crippen LogP contribution in [0.25, 0.3) is 0 Å². The lowest BCUT2D eigenvalue weighted by molar-refractivity contribution is -0.304. The zero-order valence-electron chi connectivity index (χ0n) is 16.3. The molecule has 0 bridgehead atoms. The predicted octanol–water partition coefficient (Wildman–Crippen LogP) is 7.89. The molecule has 0 aromatic heterocycles. The van der Waals surface area contributed by atoms with Gasteiger partial charge in [0, 0.05) is 11.4 Å². The van der Waals surface area contributed by atoms with Crippen molar-refractivity contribution in [3.05, 3.63) is 52.5 Å². The smallest absolute Gasteiger partial charge is 0.429 e. The van der Waals surface area contributed by atoms with Crippen LogP contribution < -0.4 is 15.4 Å². The Balaban J connectivity index is 2.19. The molecule has 0 aliphatic carbocycles. The molecule has 4 nitrogen and oxygen atoms in total. The number of rotatable bonds is 5. The number of nitrogens with one attached hydrogen (secondary N) is 2. The number of amides is 2. The molecule has 2 aromatic rings. The van der Waals surface area contributed by atoms with Gasteiger partial charge in [0.2, 0.25) is 0 Å². The Morgan fingerprint density at radius 3 is 1.69 bits per heavy atom. The fourth-order valence-corrected chi connectivity index (χ4v) is 2.59. The Kier molecular flexibility index (Phi) is 7.69. The number of urea groups is 1. The standard InChI is InChI=1S/C18H9ClF12N2O2/c19-11-6-9(1-2-12(11)35-18(30,31)13(20)17(27,28)29)32-14(34)33-10-4-7(15(21,22)23)3-8(5-10)16(24,25)26/h1-6,13H,(H2,32,33,34). The fourth-order valence-electron chi connectivity index (χ4n) is 2.37. The molecule has 35 heavy (non-hydrogen) atoms. The summed E-state index contributed by atoms with van der Waals surface area (Å²) in [5.74, 6) is -1.14. The van der Waals surface area contributed by atoms with Crippen molar-refractivity contribution in [1.82, 2.24) is 0 Å². The van der Waals surface area contributed by atoms with Gasteiger partial charge < -0.3 is 15.4 Å². The van der Waals surface area contributed by atoms with Gasteiger partial charge in [-0.2, -0.15) is 48.3 Å². The molecule has 0 saturated carbocycles. The molecule has 0 radical (unpaired) electrons. The highest BCUT2D eigenvalue weighted by atomic mass is 35.5. The maximum atomic E-state index is 13.3. The summed E-state index contributed by atoms with van der Waals surface area (Å²) in [6.07, 6.45) is -26.4. The summed E-state index contributed by atoms with van der Waals surface area (Å²) in [5, 5.41) is 2.74. The van der Waals surface area contributed by atoms with Gasteiger partial charge in [0.25, 0.3) is 6.17 Å². The van der Waals surface area contributed by atoms with E-state index >= 15 is 0 Å². The third-order valence-corrected chi connectivity index (χ3v) is 4.16. The molecule has 1 atom stereocenters. The lowest BCUT2D eigenvalue weighted by Gasteiger charge is -2.23. The van der Waals surface area contributed by atoms with Crippen molar-refractivity contribution >= 4 is 29.0 Å². The van der Waals surface area contributed by atoms with E-state index in [1.54, 1.807) is 5.32 Å². The van der Waals surface area contributed by atoms with E-state index in [0.717, 1.165) is 0 Å². The summed E-state index contributed by atoms with van der Waals surface area (Å²) in [7, 11) is 0. The van der Waals surface area contributed by atoms with Gasteiger partial charge in [-0.15, -0.1) is 0 Å². The van der Waals surface area contributed by atoms with Gasteiger partial charge >= 0.3 is 30.7 Å². The number of anilines is 2. The normalized spacial score (nSPS) is 13.9. The van der Waals surface area contributed by atoms with Crippen molar-refractivity contribution in [3.8, 4) is 5.75 Å². The molecule has 0 aliphatic rings. The van der Waals surface area contributed by atoms with E-state index in [0.29, 0.717) is 18.2 Å². The van der Waals surface area contributed by atoms with E-state index in [2.05, 4.69) is 4.74 Å². The van der Waals surface area contributed by atoms with Crippen LogP contribution >= 0.6 is 11.6 Å². The van der Waals surface area contributed by atoms with Crippen LogP contribution in [0.2, 0.25) is 5.02 Å². The van der Waals surface area contributed by atoms with Crippen molar-refractivity contribution in [3.63, 3.8) is 0 Å². The Bertz CT molecular complexity index is 1050. The first-order valence-electron chi connectivity index (χ1n) is 8.65. The van der Waals surface area contributed by atoms with Gasteiger partial charge in [-0.3, -0.25) is 0 Å². The Labute approximate surface area is 191 Å². The van der Waals surface area contributed by atoms with Crippen molar-refractivity contribution in [2.45, 2.75) is 30.8 Å². The molecule has 17 heteroatoms. The molecular weight excluding hydrogens is 540 g/mol. The van der Waals surface area contributed by atoms with E-state index < -0.39 is 70.1 Å². The molecule has 2 N–H and O–H groups in total. The van der Waals surface area contributed by atoms with E-state index in [4.69, 9.17) is 11.6 Å². The Hall–Kier alpha value is -3.04. The number of ether oxygens (including phenoxy) is 1. The molecule has 1 unspecified atom stereocenters. The molecule has 2 amide bonds. The number of benzene rings is 2. The van der Waals surface area contributed by atoms with Crippen LogP contribution in [-0.2, 0) is 12.4 Å². The first kappa shape index (κ1) is 28.2. The maximum absolute atomic E-state index is 13.3. The summed E-state index contributed by atoms with van der Waals surface area (Å²) >= 11 is 5.56. The van der Waals surface area contributed by atoms with Gasteiger partial charge in [0.05, 0.1) is 16.1 Å². The molecule has 0 fully saturated rings. The minimum atomic E-state index is -5.97. The van der Waals surface area contributed by atoms with Crippen LogP contribution in [0.5, 0.6) is 5.75 Å². The summed E-state index contributed by atoms with van der Waals surface area (Å²) in [4.78, 5) is 12.0. The van der Waals surface area contributed by atoms with Crippen molar-refractivity contribution in [1.29, 1.82) is 0 Å². The van der Waals surface area contributed by atoms with Crippen LogP contribution in [-0.4, -0.2) is 24.5 Å². The fraction of sp³-hybridized carbons (Fsp3) is 0.278. The average Bonchev–Trinajstić information content (AvgIpc) is 2.67. The second-order valence-corrected chi connectivity index (χ2v) is 6.99. The predicted molar refractivity (Wildman–Crippen MR) is 97.1 cm³/mol. The highest BCUT2D eigenvalue weighted by Crippen LogP contribution is 2.40. The number of carbonyl (C=O) groups excluding carboxylic acids is 1. The van der Waals surface area contributed by atoms with E-state index in [1.807, 2.05) is 5.32 Å². The molecule has 0 aliphatic heterocycles. The van der Waals surface area contributed by atoms with Gasteiger partial charge in [-0.05, 0) is 36.4 Å².